The topological polar surface area (TPSA) is 81.2 Å². The summed E-state index contributed by atoms with van der Waals surface area (Å²) in [4.78, 5) is 11.6. The van der Waals surface area contributed by atoms with E-state index in [4.69, 9.17) is 27.7 Å². The molecule has 0 aliphatic carbocycles. The van der Waals surface area contributed by atoms with Gasteiger partial charge in [0.25, 0.3) is 0 Å². The van der Waals surface area contributed by atoms with E-state index in [2.05, 4.69) is 26.7 Å². The molecule has 1 aliphatic rings. The van der Waals surface area contributed by atoms with Crippen LogP contribution in [0.2, 0.25) is 0 Å². The van der Waals surface area contributed by atoms with Crippen molar-refractivity contribution in [1.82, 2.24) is 19.4 Å². The molecule has 0 saturated carbocycles. The maximum absolute atomic E-state index is 6.22. The maximum Gasteiger partial charge on any atom is 0.173 e. The SMILES string of the molecule is CCOCc1nc2c(N)nc(C)c(C)c2n1CCC1CCN(C(=S)Nc2ccccc2)CC1. The zero-order chi connectivity index (χ0) is 23.4. The highest BCUT2D eigenvalue weighted by molar-refractivity contribution is 7.80. The van der Waals surface area contributed by atoms with E-state index in [1.165, 1.54) is 0 Å². The van der Waals surface area contributed by atoms with Crippen LogP contribution in [0.5, 0.6) is 0 Å². The molecule has 2 aromatic heterocycles. The van der Waals surface area contributed by atoms with E-state index in [-0.39, 0.29) is 0 Å². The number of nitrogens with zero attached hydrogens (tertiary/aromatic N) is 4. The third-order valence-electron chi connectivity index (χ3n) is 6.60. The van der Waals surface area contributed by atoms with Gasteiger partial charge in [-0.15, -0.1) is 0 Å². The van der Waals surface area contributed by atoms with Gasteiger partial charge in [-0.25, -0.2) is 9.97 Å². The Bertz CT molecular complexity index is 1110. The summed E-state index contributed by atoms with van der Waals surface area (Å²) in [5.74, 6) is 2.08. The summed E-state index contributed by atoms with van der Waals surface area (Å²) in [5.41, 5.74) is 11.2. The Morgan fingerprint density at radius 3 is 2.61 bits per heavy atom. The average Bonchev–Trinajstić information content (AvgIpc) is 3.20. The largest absolute Gasteiger partial charge is 0.382 e. The van der Waals surface area contributed by atoms with Crippen molar-refractivity contribution in [2.45, 2.75) is 53.2 Å². The summed E-state index contributed by atoms with van der Waals surface area (Å²) < 4.78 is 8.01. The van der Waals surface area contributed by atoms with Crippen LogP contribution in [0.25, 0.3) is 11.0 Å². The van der Waals surface area contributed by atoms with Crippen molar-refractivity contribution in [3.63, 3.8) is 0 Å². The van der Waals surface area contributed by atoms with Gasteiger partial charge in [-0.3, -0.25) is 0 Å². The van der Waals surface area contributed by atoms with Gasteiger partial charge in [0.05, 0.1) is 5.52 Å². The minimum atomic E-state index is 0.487. The first kappa shape index (κ1) is 23.4. The van der Waals surface area contributed by atoms with Crippen LogP contribution in [-0.4, -0.2) is 44.2 Å². The summed E-state index contributed by atoms with van der Waals surface area (Å²) in [6.45, 7) is 10.1. The second-order valence-corrected chi connectivity index (χ2v) is 9.12. The van der Waals surface area contributed by atoms with Crippen molar-refractivity contribution in [2.24, 2.45) is 5.92 Å². The number of fused-ring (bicyclic) bond motifs is 1. The minimum Gasteiger partial charge on any atom is -0.382 e. The number of para-hydroxylation sites is 1. The molecule has 1 saturated heterocycles. The van der Waals surface area contributed by atoms with Gasteiger partial charge < -0.3 is 25.3 Å². The minimum absolute atomic E-state index is 0.487. The molecular formula is C25H34N6OS. The molecule has 0 spiro atoms. The predicted molar refractivity (Wildman–Crippen MR) is 138 cm³/mol. The standard InChI is InChI=1S/C25H34N6OS/c1-4-32-16-21-29-22-23(17(2)18(3)27-24(22)26)31(21)15-12-19-10-13-30(14-11-19)25(33)28-20-8-6-5-7-9-20/h5-9,19H,4,10-16H2,1-3H3,(H2,26,27)(H,28,33). The van der Waals surface area contributed by atoms with Crippen LogP contribution in [-0.2, 0) is 17.9 Å². The number of ether oxygens (including phenoxy) is 1. The van der Waals surface area contributed by atoms with Gasteiger partial charge >= 0.3 is 0 Å². The molecule has 4 rings (SSSR count). The molecular weight excluding hydrogens is 432 g/mol. The number of nitrogen functional groups attached to an aromatic ring is 1. The fourth-order valence-corrected chi connectivity index (χ4v) is 4.85. The van der Waals surface area contributed by atoms with E-state index in [0.29, 0.717) is 24.9 Å². The lowest BCUT2D eigenvalue weighted by molar-refractivity contribution is 0.125. The normalized spacial score (nSPS) is 14.7. The zero-order valence-electron chi connectivity index (χ0n) is 19.8. The number of likely N-dealkylation sites (tertiary alicyclic amines) is 1. The summed E-state index contributed by atoms with van der Waals surface area (Å²) in [6.07, 6.45) is 3.36. The number of rotatable bonds is 7. The van der Waals surface area contributed by atoms with Crippen molar-refractivity contribution >= 4 is 39.9 Å². The monoisotopic (exact) mass is 466 g/mol. The lowest BCUT2D eigenvalue weighted by Crippen LogP contribution is -2.41. The van der Waals surface area contributed by atoms with Gasteiger partial charge in [0.1, 0.15) is 17.9 Å². The predicted octanol–water partition coefficient (Wildman–Crippen LogP) is 4.67. The Hall–Kier alpha value is -2.71. The molecule has 0 amide bonds. The molecule has 8 heteroatoms. The molecule has 0 bridgehead atoms. The summed E-state index contributed by atoms with van der Waals surface area (Å²) >= 11 is 5.64. The highest BCUT2D eigenvalue weighted by atomic mass is 32.1. The number of nitrogens with two attached hydrogens (primary N) is 1. The fraction of sp³-hybridized carbons (Fsp3) is 0.480. The number of piperidine rings is 1. The average molecular weight is 467 g/mol. The Morgan fingerprint density at radius 1 is 1.18 bits per heavy atom. The molecule has 33 heavy (non-hydrogen) atoms. The first-order chi connectivity index (χ1) is 16.0. The van der Waals surface area contributed by atoms with E-state index in [1.807, 2.05) is 44.2 Å². The Balaban J connectivity index is 1.41. The molecule has 3 aromatic rings. The molecule has 0 radical (unpaired) electrons. The van der Waals surface area contributed by atoms with Gasteiger partial charge in [-0.1, -0.05) is 18.2 Å². The number of nitrogens with one attached hydrogen (secondary N) is 1. The van der Waals surface area contributed by atoms with Gasteiger partial charge in [0.2, 0.25) is 0 Å². The van der Waals surface area contributed by atoms with Crippen LogP contribution in [0, 0.1) is 19.8 Å². The van der Waals surface area contributed by atoms with Crippen molar-refractivity contribution in [2.75, 3.05) is 30.7 Å². The Labute approximate surface area is 201 Å². The van der Waals surface area contributed by atoms with Gasteiger partial charge in [-0.2, -0.15) is 0 Å². The van der Waals surface area contributed by atoms with Crippen molar-refractivity contribution in [3.8, 4) is 0 Å². The van der Waals surface area contributed by atoms with Crippen LogP contribution < -0.4 is 11.1 Å². The van der Waals surface area contributed by atoms with Crippen LogP contribution >= 0.6 is 12.2 Å². The molecule has 3 heterocycles. The van der Waals surface area contributed by atoms with Gasteiger partial charge in [0.15, 0.2) is 10.9 Å². The number of pyridine rings is 1. The number of benzene rings is 1. The number of aryl methyl sites for hydroxylation is 3. The zero-order valence-corrected chi connectivity index (χ0v) is 20.6. The van der Waals surface area contributed by atoms with Gasteiger partial charge in [-0.05, 0) is 75.9 Å². The second-order valence-electron chi connectivity index (χ2n) is 8.74. The second kappa shape index (κ2) is 10.5. The highest BCUT2D eigenvalue weighted by Gasteiger charge is 2.23. The molecule has 176 valence electrons. The molecule has 1 aromatic carbocycles. The quantitative estimate of drug-likeness (QED) is 0.490. The summed E-state index contributed by atoms with van der Waals surface area (Å²) in [7, 11) is 0. The van der Waals surface area contributed by atoms with Crippen LogP contribution in [0.3, 0.4) is 0 Å². The lowest BCUT2D eigenvalue weighted by atomic mass is 9.93. The third kappa shape index (κ3) is 5.28. The van der Waals surface area contributed by atoms with E-state index in [9.17, 15) is 0 Å². The van der Waals surface area contributed by atoms with Crippen molar-refractivity contribution < 1.29 is 4.74 Å². The maximum atomic E-state index is 6.22. The first-order valence-electron chi connectivity index (χ1n) is 11.8. The summed E-state index contributed by atoms with van der Waals surface area (Å²) in [6, 6.07) is 10.1. The summed E-state index contributed by atoms with van der Waals surface area (Å²) in [5, 5.41) is 4.17. The lowest BCUT2D eigenvalue weighted by Gasteiger charge is -2.34. The molecule has 0 unspecified atom stereocenters. The molecule has 0 atom stereocenters. The Morgan fingerprint density at radius 2 is 1.91 bits per heavy atom. The van der Waals surface area contributed by atoms with Gasteiger partial charge in [0, 0.05) is 37.6 Å². The number of imidazole rings is 1. The molecule has 3 N–H and O–H groups in total. The number of thiocarbonyl (C=S) groups is 1. The smallest absolute Gasteiger partial charge is 0.173 e. The van der Waals surface area contributed by atoms with E-state index in [1.54, 1.807) is 0 Å². The fourth-order valence-electron chi connectivity index (χ4n) is 4.55. The van der Waals surface area contributed by atoms with Crippen molar-refractivity contribution in [3.05, 3.63) is 47.4 Å². The van der Waals surface area contributed by atoms with Crippen LogP contribution in [0.4, 0.5) is 11.5 Å². The number of anilines is 2. The molecule has 1 aliphatic heterocycles. The number of hydrogen-bond acceptors (Lipinski definition) is 5. The van der Waals surface area contributed by atoms with Crippen molar-refractivity contribution in [1.29, 1.82) is 0 Å². The number of aromatic nitrogens is 3. The van der Waals surface area contributed by atoms with E-state index < -0.39 is 0 Å². The molecule has 1 fully saturated rings. The van der Waals surface area contributed by atoms with E-state index in [0.717, 1.165) is 77.8 Å². The Kier molecular flexibility index (Phi) is 7.45. The van der Waals surface area contributed by atoms with Crippen LogP contribution in [0.15, 0.2) is 30.3 Å². The number of hydrogen-bond donors (Lipinski definition) is 2. The van der Waals surface area contributed by atoms with E-state index >= 15 is 0 Å². The van der Waals surface area contributed by atoms with Crippen LogP contribution in [0.1, 0.15) is 43.3 Å². The molecule has 7 nitrogen and oxygen atoms in total. The highest BCUT2D eigenvalue weighted by Crippen LogP contribution is 2.29. The third-order valence-corrected chi connectivity index (χ3v) is 6.96. The first-order valence-corrected chi connectivity index (χ1v) is 12.2.